The SMILES string of the molecule is C[C@H](O)CNC(=O)c1cc(NC(=O)CN(C)Cc2ccncc2)cc(C(F)(F)F)c1. The highest BCUT2D eigenvalue weighted by Gasteiger charge is 2.32. The molecule has 0 bridgehead atoms. The molecule has 0 spiro atoms. The van der Waals surface area contributed by atoms with Gasteiger partial charge in [0, 0.05) is 36.7 Å². The first-order valence-corrected chi connectivity index (χ1v) is 9.10. The van der Waals surface area contributed by atoms with Gasteiger partial charge in [-0.1, -0.05) is 0 Å². The number of hydrogen-bond donors (Lipinski definition) is 3. The number of halogens is 3. The Morgan fingerprint density at radius 1 is 1.20 bits per heavy atom. The van der Waals surface area contributed by atoms with Gasteiger partial charge in [0.15, 0.2) is 0 Å². The number of aliphatic hydroxyl groups excluding tert-OH is 1. The van der Waals surface area contributed by atoms with Crippen LogP contribution in [0.4, 0.5) is 18.9 Å². The lowest BCUT2D eigenvalue weighted by Crippen LogP contribution is -2.31. The van der Waals surface area contributed by atoms with Crippen LogP contribution in [0, 0.1) is 0 Å². The first kappa shape index (κ1) is 23.3. The van der Waals surface area contributed by atoms with Gasteiger partial charge in [-0.15, -0.1) is 0 Å². The van der Waals surface area contributed by atoms with Gasteiger partial charge in [-0.3, -0.25) is 19.5 Å². The lowest BCUT2D eigenvalue weighted by atomic mass is 10.1. The first-order valence-electron chi connectivity index (χ1n) is 9.10. The predicted octanol–water partition coefficient (Wildman–Crippen LogP) is 2.28. The fraction of sp³-hybridized carbons (Fsp3) is 0.350. The summed E-state index contributed by atoms with van der Waals surface area (Å²) < 4.78 is 39.7. The fourth-order valence-electron chi connectivity index (χ4n) is 2.64. The molecule has 0 radical (unpaired) electrons. The molecular formula is C20H23F3N4O3. The van der Waals surface area contributed by atoms with Gasteiger partial charge < -0.3 is 15.7 Å². The molecule has 7 nitrogen and oxygen atoms in total. The standard InChI is InChI=1S/C20H23F3N4O3/c1-13(28)10-25-19(30)15-7-16(20(21,22)23)9-17(8-15)26-18(29)12-27(2)11-14-3-5-24-6-4-14/h3-9,13,28H,10-12H2,1-2H3,(H,25,30)(H,26,29)/t13-/m0/s1. The number of carbonyl (C=O) groups excluding carboxylic acids is 2. The number of rotatable bonds is 8. The maximum absolute atomic E-state index is 13.2. The number of hydrogen-bond acceptors (Lipinski definition) is 5. The zero-order valence-electron chi connectivity index (χ0n) is 16.5. The van der Waals surface area contributed by atoms with Crippen LogP contribution in [0.25, 0.3) is 0 Å². The molecule has 1 atom stereocenters. The van der Waals surface area contributed by atoms with Crippen LogP contribution in [-0.2, 0) is 17.5 Å². The molecule has 1 aromatic heterocycles. The first-order chi connectivity index (χ1) is 14.0. The number of anilines is 1. The summed E-state index contributed by atoms with van der Waals surface area (Å²) in [7, 11) is 1.70. The van der Waals surface area contributed by atoms with E-state index in [0.717, 1.165) is 17.7 Å². The van der Waals surface area contributed by atoms with Gasteiger partial charge >= 0.3 is 6.18 Å². The van der Waals surface area contributed by atoms with E-state index in [1.54, 1.807) is 36.5 Å². The van der Waals surface area contributed by atoms with E-state index < -0.39 is 29.7 Å². The minimum atomic E-state index is -4.70. The van der Waals surface area contributed by atoms with Crippen LogP contribution in [0.1, 0.15) is 28.4 Å². The van der Waals surface area contributed by atoms with E-state index in [-0.39, 0.29) is 24.3 Å². The Balaban J connectivity index is 2.11. The third-order valence-corrected chi connectivity index (χ3v) is 3.98. The molecule has 0 unspecified atom stereocenters. The van der Waals surface area contributed by atoms with Gasteiger partial charge in [0.2, 0.25) is 5.91 Å². The molecular weight excluding hydrogens is 401 g/mol. The molecule has 30 heavy (non-hydrogen) atoms. The fourth-order valence-corrected chi connectivity index (χ4v) is 2.64. The third kappa shape index (κ3) is 7.45. The normalized spacial score (nSPS) is 12.5. The van der Waals surface area contributed by atoms with Crippen LogP contribution in [0.5, 0.6) is 0 Å². The van der Waals surface area contributed by atoms with E-state index in [1.165, 1.54) is 6.92 Å². The number of alkyl halides is 3. The lowest BCUT2D eigenvalue weighted by Gasteiger charge is -2.17. The number of amides is 2. The van der Waals surface area contributed by atoms with Gasteiger partial charge in [-0.2, -0.15) is 13.2 Å². The molecule has 2 amide bonds. The quantitative estimate of drug-likeness (QED) is 0.605. The van der Waals surface area contributed by atoms with Crippen molar-refractivity contribution in [1.29, 1.82) is 0 Å². The smallest absolute Gasteiger partial charge is 0.392 e. The Kier molecular flexibility index (Phi) is 7.90. The highest BCUT2D eigenvalue weighted by molar-refractivity contribution is 5.98. The average Bonchev–Trinajstić information content (AvgIpc) is 2.65. The van der Waals surface area contributed by atoms with Gasteiger partial charge in [-0.25, -0.2) is 0 Å². The number of likely N-dealkylation sites (N-methyl/N-ethyl adjacent to an activating group) is 1. The summed E-state index contributed by atoms with van der Waals surface area (Å²) in [5.41, 5.74) is -0.552. The molecule has 0 aliphatic rings. The van der Waals surface area contributed by atoms with E-state index >= 15 is 0 Å². The zero-order chi connectivity index (χ0) is 22.3. The van der Waals surface area contributed by atoms with Gasteiger partial charge in [0.1, 0.15) is 0 Å². The minimum absolute atomic E-state index is 0.0673. The van der Waals surface area contributed by atoms with Crippen LogP contribution < -0.4 is 10.6 Å². The number of nitrogens with one attached hydrogen (secondary N) is 2. The second-order valence-corrected chi connectivity index (χ2v) is 6.93. The van der Waals surface area contributed by atoms with Crippen LogP contribution in [0.15, 0.2) is 42.7 Å². The van der Waals surface area contributed by atoms with Crippen molar-refractivity contribution in [3.05, 3.63) is 59.4 Å². The molecule has 0 saturated carbocycles. The van der Waals surface area contributed by atoms with Crippen molar-refractivity contribution >= 4 is 17.5 Å². The number of aromatic nitrogens is 1. The number of benzene rings is 1. The van der Waals surface area contributed by atoms with E-state index in [2.05, 4.69) is 15.6 Å². The second kappa shape index (κ2) is 10.2. The molecule has 0 saturated heterocycles. The van der Waals surface area contributed by atoms with Gasteiger partial charge in [0.05, 0.1) is 18.2 Å². The summed E-state index contributed by atoms with van der Waals surface area (Å²) in [6, 6.07) is 6.21. The highest BCUT2D eigenvalue weighted by atomic mass is 19.4. The van der Waals surface area contributed by atoms with Crippen molar-refractivity contribution in [1.82, 2.24) is 15.2 Å². The van der Waals surface area contributed by atoms with Crippen molar-refractivity contribution in [2.45, 2.75) is 25.7 Å². The maximum Gasteiger partial charge on any atom is 0.416 e. The number of nitrogens with zero attached hydrogens (tertiary/aromatic N) is 2. The molecule has 3 N–H and O–H groups in total. The third-order valence-electron chi connectivity index (χ3n) is 3.98. The van der Waals surface area contributed by atoms with Crippen LogP contribution in [0.3, 0.4) is 0 Å². The molecule has 2 aromatic rings. The topological polar surface area (TPSA) is 94.6 Å². The summed E-state index contributed by atoms with van der Waals surface area (Å²) in [5, 5.41) is 14.0. The second-order valence-electron chi connectivity index (χ2n) is 6.93. The molecule has 10 heteroatoms. The number of carbonyl (C=O) groups is 2. The van der Waals surface area contributed by atoms with Crippen molar-refractivity contribution in [3.8, 4) is 0 Å². The predicted molar refractivity (Wildman–Crippen MR) is 105 cm³/mol. The van der Waals surface area contributed by atoms with Crippen LogP contribution >= 0.6 is 0 Å². The van der Waals surface area contributed by atoms with Gasteiger partial charge in [0.25, 0.3) is 5.91 Å². The van der Waals surface area contributed by atoms with E-state index in [1.807, 2.05) is 0 Å². The largest absolute Gasteiger partial charge is 0.416 e. The molecule has 0 aliphatic heterocycles. The molecule has 1 aromatic carbocycles. The molecule has 0 fully saturated rings. The Bertz CT molecular complexity index is 873. The summed E-state index contributed by atoms with van der Waals surface area (Å²) in [5.74, 6) is -1.31. The minimum Gasteiger partial charge on any atom is -0.392 e. The Morgan fingerprint density at radius 3 is 2.47 bits per heavy atom. The Morgan fingerprint density at radius 2 is 1.87 bits per heavy atom. The summed E-state index contributed by atoms with van der Waals surface area (Å²) in [6.45, 7) is 1.70. The maximum atomic E-state index is 13.2. The highest BCUT2D eigenvalue weighted by Crippen LogP contribution is 2.32. The summed E-state index contributed by atoms with van der Waals surface area (Å²) in [6.07, 6.45) is -2.31. The lowest BCUT2D eigenvalue weighted by molar-refractivity contribution is -0.137. The van der Waals surface area contributed by atoms with Crippen molar-refractivity contribution in [2.75, 3.05) is 25.5 Å². The van der Waals surface area contributed by atoms with Crippen LogP contribution in [-0.4, -0.2) is 53.0 Å². The van der Waals surface area contributed by atoms with Crippen molar-refractivity contribution in [3.63, 3.8) is 0 Å². The van der Waals surface area contributed by atoms with E-state index in [9.17, 15) is 27.9 Å². The molecule has 2 rings (SSSR count). The van der Waals surface area contributed by atoms with Crippen molar-refractivity contribution < 1.29 is 27.9 Å². The van der Waals surface area contributed by atoms with E-state index in [4.69, 9.17) is 0 Å². The van der Waals surface area contributed by atoms with Gasteiger partial charge in [-0.05, 0) is 49.9 Å². The number of aliphatic hydroxyl groups is 1. The average molecular weight is 424 g/mol. The van der Waals surface area contributed by atoms with Crippen molar-refractivity contribution in [2.24, 2.45) is 0 Å². The molecule has 162 valence electrons. The summed E-state index contributed by atoms with van der Waals surface area (Å²) in [4.78, 5) is 30.0. The zero-order valence-corrected chi connectivity index (χ0v) is 16.5. The summed E-state index contributed by atoms with van der Waals surface area (Å²) >= 11 is 0. The Hall–Kier alpha value is -2.98. The molecule has 1 heterocycles. The number of pyridine rings is 1. The monoisotopic (exact) mass is 424 g/mol. The van der Waals surface area contributed by atoms with Crippen LogP contribution in [0.2, 0.25) is 0 Å². The Labute approximate surface area is 171 Å². The molecule has 0 aliphatic carbocycles. The van der Waals surface area contributed by atoms with E-state index in [0.29, 0.717) is 12.6 Å².